The molecule has 5 heteroatoms. The molecule has 1 saturated heterocycles. The smallest absolute Gasteiger partial charge is 0.102 e. The monoisotopic (exact) mass is 247 g/mol. The number of rotatable bonds is 6. The molecule has 1 fully saturated rings. The zero-order chi connectivity index (χ0) is 13.1. The van der Waals surface area contributed by atoms with E-state index >= 15 is 0 Å². The van der Waals surface area contributed by atoms with E-state index in [-0.39, 0.29) is 6.61 Å². The average molecular weight is 247 g/mol. The molecular formula is C12H25NO4. The van der Waals surface area contributed by atoms with Gasteiger partial charge >= 0.3 is 0 Å². The summed E-state index contributed by atoms with van der Waals surface area (Å²) in [6, 6.07) is 0. The molecule has 0 aliphatic carbocycles. The molecule has 1 heterocycles. The van der Waals surface area contributed by atoms with Crippen LogP contribution in [0.25, 0.3) is 0 Å². The Kier molecular flexibility index (Phi) is 9.03. The number of hydrogen-bond donors (Lipinski definition) is 0. The molecule has 0 aromatic carbocycles. The molecule has 1 rings (SSSR count). The van der Waals surface area contributed by atoms with Gasteiger partial charge in [-0.3, -0.25) is 0 Å². The normalized spacial score (nSPS) is 17.4. The largest absolute Gasteiger partial charge is 0.548 e. The fourth-order valence-corrected chi connectivity index (χ4v) is 1.87. The first-order valence-corrected chi connectivity index (χ1v) is 6.14. The van der Waals surface area contributed by atoms with Crippen LogP contribution in [0.2, 0.25) is 0 Å². The summed E-state index contributed by atoms with van der Waals surface area (Å²) < 4.78 is 10.7. The lowest BCUT2D eigenvalue weighted by atomic mass is 10.4. The first-order chi connectivity index (χ1) is 8.04. The summed E-state index contributed by atoms with van der Waals surface area (Å²) in [6.07, 6.45) is 2.81. The van der Waals surface area contributed by atoms with E-state index in [1.807, 2.05) is 0 Å². The summed E-state index contributed by atoms with van der Waals surface area (Å²) >= 11 is 0. The van der Waals surface area contributed by atoms with Crippen LogP contribution in [0.4, 0.5) is 0 Å². The van der Waals surface area contributed by atoms with Crippen molar-refractivity contribution >= 4 is 5.97 Å². The zero-order valence-corrected chi connectivity index (χ0v) is 11.2. The third-order valence-corrected chi connectivity index (χ3v) is 2.89. The minimum Gasteiger partial charge on any atom is -0.548 e. The van der Waals surface area contributed by atoms with E-state index in [0.717, 1.165) is 13.2 Å². The predicted molar refractivity (Wildman–Crippen MR) is 63.4 cm³/mol. The average Bonchev–Trinajstić information content (AvgIpc) is 2.66. The fraction of sp³-hybridized carbons (Fsp3) is 0.917. The van der Waals surface area contributed by atoms with Gasteiger partial charge in [-0.15, -0.1) is 0 Å². The van der Waals surface area contributed by atoms with Gasteiger partial charge in [-0.2, -0.15) is 0 Å². The molecule has 0 aromatic rings. The quantitative estimate of drug-likeness (QED) is 0.475. The van der Waals surface area contributed by atoms with E-state index in [2.05, 4.69) is 18.7 Å². The lowest BCUT2D eigenvalue weighted by Gasteiger charge is -2.28. The second-order valence-electron chi connectivity index (χ2n) is 4.50. The van der Waals surface area contributed by atoms with Gasteiger partial charge in [0.05, 0.1) is 39.3 Å². The number of quaternary nitrogens is 1. The first kappa shape index (κ1) is 16.4. The molecule has 17 heavy (non-hydrogen) atoms. The first-order valence-electron chi connectivity index (χ1n) is 6.14. The van der Waals surface area contributed by atoms with Crippen LogP contribution in [0, 0.1) is 0 Å². The third kappa shape index (κ3) is 9.09. The van der Waals surface area contributed by atoms with Crippen LogP contribution in [0.5, 0.6) is 0 Å². The third-order valence-electron chi connectivity index (χ3n) is 2.89. The molecule has 0 spiro atoms. The molecule has 0 amide bonds. The summed E-state index contributed by atoms with van der Waals surface area (Å²) in [5.41, 5.74) is 0. The maximum atomic E-state index is 9.36. The van der Waals surface area contributed by atoms with E-state index < -0.39 is 5.97 Å². The maximum Gasteiger partial charge on any atom is 0.102 e. The van der Waals surface area contributed by atoms with Gasteiger partial charge in [-0.25, -0.2) is 0 Å². The molecule has 1 aliphatic heterocycles. The van der Waals surface area contributed by atoms with Gasteiger partial charge < -0.3 is 23.9 Å². The number of carboxylic acids is 1. The van der Waals surface area contributed by atoms with E-state index in [0.29, 0.717) is 0 Å². The number of carboxylic acid groups (broad SMARTS) is 1. The van der Waals surface area contributed by atoms with E-state index in [1.54, 1.807) is 0 Å². The van der Waals surface area contributed by atoms with Crippen LogP contribution in [0.15, 0.2) is 0 Å². The molecule has 0 saturated carbocycles. The van der Waals surface area contributed by atoms with Crippen LogP contribution < -0.4 is 5.11 Å². The topological polar surface area (TPSA) is 58.6 Å². The fourth-order valence-electron chi connectivity index (χ4n) is 1.87. The lowest BCUT2D eigenvalue weighted by molar-refractivity contribution is -0.898. The molecule has 0 aromatic heterocycles. The van der Waals surface area contributed by atoms with Crippen molar-refractivity contribution in [2.45, 2.75) is 19.8 Å². The summed E-state index contributed by atoms with van der Waals surface area (Å²) in [6.45, 7) is 7.45. The van der Waals surface area contributed by atoms with Crippen molar-refractivity contribution in [3.8, 4) is 0 Å². The molecule has 0 unspecified atom stereocenters. The van der Waals surface area contributed by atoms with Crippen LogP contribution in [0.1, 0.15) is 19.8 Å². The predicted octanol–water partition coefficient (Wildman–Crippen LogP) is -0.354. The van der Waals surface area contributed by atoms with Crippen molar-refractivity contribution in [2.24, 2.45) is 0 Å². The Hall–Kier alpha value is -0.650. The van der Waals surface area contributed by atoms with Gasteiger partial charge in [0.25, 0.3) is 0 Å². The van der Waals surface area contributed by atoms with Crippen molar-refractivity contribution in [3.63, 3.8) is 0 Å². The molecule has 0 radical (unpaired) electrons. The SMILES string of the molecule is CCOCC[N+]1(C)CCCC1.COCC(=O)[O-]. The number of ether oxygens (including phenoxy) is 2. The van der Waals surface area contributed by atoms with Gasteiger partial charge in [-0.1, -0.05) is 0 Å². The number of likely N-dealkylation sites (N-methyl/N-ethyl adjacent to an activating group) is 1. The number of aliphatic carboxylic acids is 1. The molecule has 102 valence electrons. The van der Waals surface area contributed by atoms with Crippen molar-refractivity contribution < 1.29 is 23.9 Å². The molecule has 0 N–H and O–H groups in total. The molecule has 5 nitrogen and oxygen atoms in total. The molecular weight excluding hydrogens is 222 g/mol. The molecule has 1 aliphatic rings. The standard InChI is InChI=1S/C9H20NO.C3H6O3/c1-3-11-9-8-10(2)6-4-5-7-10;1-6-2-3(4)5/h3-9H2,1-2H3;2H2,1H3,(H,4,5)/q+1;/p-1. The number of hydrogen-bond acceptors (Lipinski definition) is 4. The van der Waals surface area contributed by atoms with Gasteiger partial charge in [-0.05, 0) is 6.92 Å². The van der Waals surface area contributed by atoms with Gasteiger partial charge in [0, 0.05) is 26.6 Å². The van der Waals surface area contributed by atoms with E-state index in [4.69, 9.17) is 4.74 Å². The van der Waals surface area contributed by atoms with Crippen LogP contribution in [-0.2, 0) is 14.3 Å². The number of methoxy groups -OCH3 is 1. The van der Waals surface area contributed by atoms with Crippen molar-refractivity contribution in [1.82, 2.24) is 0 Å². The minimum atomic E-state index is -1.18. The minimum absolute atomic E-state index is 0.319. The second-order valence-corrected chi connectivity index (χ2v) is 4.50. The lowest BCUT2D eigenvalue weighted by Crippen LogP contribution is -2.43. The van der Waals surface area contributed by atoms with Crippen molar-refractivity contribution in [2.75, 3.05) is 53.6 Å². The molecule has 0 atom stereocenters. The Morgan fingerprint density at radius 3 is 2.29 bits per heavy atom. The van der Waals surface area contributed by atoms with Crippen molar-refractivity contribution in [1.29, 1.82) is 0 Å². The van der Waals surface area contributed by atoms with E-state index in [1.165, 1.54) is 44.1 Å². The highest BCUT2D eigenvalue weighted by Gasteiger charge is 2.25. The number of carbonyl (C=O) groups excluding carboxylic acids is 1. The molecule has 0 bridgehead atoms. The Morgan fingerprint density at radius 2 is 1.94 bits per heavy atom. The number of likely N-dealkylation sites (tertiary alicyclic amines) is 1. The van der Waals surface area contributed by atoms with Crippen LogP contribution in [0.3, 0.4) is 0 Å². The van der Waals surface area contributed by atoms with E-state index in [9.17, 15) is 9.90 Å². The zero-order valence-electron chi connectivity index (χ0n) is 11.2. The Labute approximate surface area is 104 Å². The van der Waals surface area contributed by atoms with Crippen LogP contribution in [-0.4, -0.2) is 64.1 Å². The highest BCUT2D eigenvalue weighted by molar-refractivity contribution is 5.65. The highest BCUT2D eigenvalue weighted by atomic mass is 16.5. The Bertz CT molecular complexity index is 203. The summed E-state index contributed by atoms with van der Waals surface area (Å²) in [5.74, 6) is -1.18. The number of nitrogens with zero attached hydrogens (tertiary/aromatic N) is 1. The van der Waals surface area contributed by atoms with Crippen molar-refractivity contribution in [3.05, 3.63) is 0 Å². The van der Waals surface area contributed by atoms with Gasteiger partial charge in [0.15, 0.2) is 0 Å². The summed E-state index contributed by atoms with van der Waals surface area (Å²) in [7, 11) is 3.64. The second kappa shape index (κ2) is 9.39. The Morgan fingerprint density at radius 1 is 1.35 bits per heavy atom. The summed E-state index contributed by atoms with van der Waals surface area (Å²) in [4.78, 5) is 9.36. The number of carbonyl (C=O) groups is 1. The summed E-state index contributed by atoms with van der Waals surface area (Å²) in [5, 5.41) is 9.36. The Balaban J connectivity index is 0.000000366. The highest BCUT2D eigenvalue weighted by Crippen LogP contribution is 2.15. The maximum absolute atomic E-state index is 9.36. The van der Waals surface area contributed by atoms with Gasteiger partial charge in [0.1, 0.15) is 6.54 Å². The van der Waals surface area contributed by atoms with Gasteiger partial charge in [0.2, 0.25) is 0 Å². The van der Waals surface area contributed by atoms with Crippen LogP contribution >= 0.6 is 0 Å².